The van der Waals surface area contributed by atoms with E-state index in [1.54, 1.807) is 14.1 Å². The molecule has 0 bridgehead atoms. The molecule has 0 fully saturated rings. The van der Waals surface area contributed by atoms with Crippen LogP contribution in [-0.2, 0) is 19.1 Å². The minimum Gasteiger partial charge on any atom is -0.464 e. The maximum atomic E-state index is 13.3. The second kappa shape index (κ2) is 13.4. The summed E-state index contributed by atoms with van der Waals surface area (Å²) in [6.45, 7) is 14.1. The third-order valence-corrected chi connectivity index (χ3v) is 4.76. The maximum Gasteiger partial charge on any atom is 0.410 e. The van der Waals surface area contributed by atoms with Crippen molar-refractivity contribution in [2.75, 3.05) is 27.3 Å². The molecule has 2 unspecified atom stereocenters. The van der Waals surface area contributed by atoms with E-state index < -0.39 is 24.1 Å². The van der Waals surface area contributed by atoms with E-state index in [1.807, 2.05) is 41.5 Å². The minimum atomic E-state index is -0.728. The Kier molecular flexibility index (Phi) is 12.6. The Morgan fingerprint density at radius 3 is 1.79 bits per heavy atom. The second-order valence-electron chi connectivity index (χ2n) is 8.78. The van der Waals surface area contributed by atoms with Crippen molar-refractivity contribution in [3.63, 3.8) is 0 Å². The van der Waals surface area contributed by atoms with Gasteiger partial charge < -0.3 is 14.4 Å². The summed E-state index contributed by atoms with van der Waals surface area (Å²) in [4.78, 5) is 41.1. The lowest BCUT2D eigenvalue weighted by atomic mass is 9.98. The molecule has 29 heavy (non-hydrogen) atoms. The molecule has 0 rings (SSSR count). The Morgan fingerprint density at radius 2 is 1.34 bits per heavy atom. The average molecular weight is 415 g/mol. The van der Waals surface area contributed by atoms with Gasteiger partial charge in [0, 0.05) is 14.1 Å². The van der Waals surface area contributed by atoms with Crippen LogP contribution in [0.2, 0.25) is 0 Å². The van der Waals surface area contributed by atoms with E-state index >= 15 is 0 Å². The van der Waals surface area contributed by atoms with E-state index in [-0.39, 0.29) is 30.3 Å². The zero-order valence-corrected chi connectivity index (χ0v) is 19.9. The molecule has 7 nitrogen and oxygen atoms in total. The number of hydrogen-bond acceptors (Lipinski definition) is 5. The zero-order chi connectivity index (χ0) is 22.7. The summed E-state index contributed by atoms with van der Waals surface area (Å²) in [7, 11) is 3.16. The third-order valence-electron chi connectivity index (χ3n) is 4.76. The lowest BCUT2D eigenvalue weighted by molar-refractivity contribution is -0.158. The normalized spacial score (nSPS) is 13.4. The molecule has 0 heterocycles. The van der Waals surface area contributed by atoms with Crippen molar-refractivity contribution in [1.82, 2.24) is 9.80 Å². The van der Waals surface area contributed by atoms with Gasteiger partial charge in [0.1, 0.15) is 12.1 Å². The molecule has 0 aromatic rings. The standard InChI is InChI=1S/C22H42N2O5/c1-10-11-12-13-28-21(26)19(17(6)7)23(8)20(25)18(16(4)5)24(9)22(27)29-14-15(2)3/h15-19H,10-14H2,1-9H3. The fourth-order valence-corrected chi connectivity index (χ4v) is 3.18. The smallest absolute Gasteiger partial charge is 0.410 e. The lowest BCUT2D eigenvalue weighted by Crippen LogP contribution is -2.56. The van der Waals surface area contributed by atoms with Crippen LogP contribution < -0.4 is 0 Å². The first-order valence-electron chi connectivity index (χ1n) is 10.8. The Balaban J connectivity index is 5.32. The van der Waals surface area contributed by atoms with Crippen molar-refractivity contribution in [2.45, 2.75) is 79.8 Å². The predicted molar refractivity (Wildman–Crippen MR) is 114 cm³/mol. The fourth-order valence-electron chi connectivity index (χ4n) is 3.18. The lowest BCUT2D eigenvalue weighted by Gasteiger charge is -2.36. The van der Waals surface area contributed by atoms with E-state index in [2.05, 4.69) is 6.92 Å². The van der Waals surface area contributed by atoms with Crippen LogP contribution in [-0.4, -0.2) is 67.2 Å². The van der Waals surface area contributed by atoms with Gasteiger partial charge in [0.2, 0.25) is 5.91 Å². The molecule has 2 amide bonds. The monoisotopic (exact) mass is 414 g/mol. The molecule has 0 aliphatic rings. The van der Waals surface area contributed by atoms with Gasteiger partial charge in [-0.2, -0.15) is 0 Å². The van der Waals surface area contributed by atoms with Crippen LogP contribution in [0, 0.1) is 17.8 Å². The summed E-state index contributed by atoms with van der Waals surface area (Å²) < 4.78 is 10.7. The molecular weight excluding hydrogens is 372 g/mol. The van der Waals surface area contributed by atoms with Gasteiger partial charge in [-0.1, -0.05) is 61.3 Å². The topological polar surface area (TPSA) is 76.2 Å². The molecule has 0 N–H and O–H groups in total. The predicted octanol–water partition coefficient (Wildman–Crippen LogP) is 3.95. The van der Waals surface area contributed by atoms with Crippen molar-refractivity contribution >= 4 is 18.0 Å². The number of hydrogen-bond donors (Lipinski definition) is 0. The summed E-state index contributed by atoms with van der Waals surface area (Å²) in [5.74, 6) is -0.757. The molecule has 0 spiro atoms. The summed E-state index contributed by atoms with van der Waals surface area (Å²) in [5.41, 5.74) is 0. The molecule has 0 saturated heterocycles. The number of amides is 2. The molecule has 0 aromatic carbocycles. The fraction of sp³-hybridized carbons (Fsp3) is 0.864. The van der Waals surface area contributed by atoms with Crippen molar-refractivity contribution in [3.8, 4) is 0 Å². The summed E-state index contributed by atoms with van der Waals surface area (Å²) in [5, 5.41) is 0. The van der Waals surface area contributed by atoms with Gasteiger partial charge in [-0.3, -0.25) is 9.69 Å². The number of nitrogens with zero attached hydrogens (tertiary/aromatic N) is 2. The van der Waals surface area contributed by atoms with E-state index in [0.717, 1.165) is 19.3 Å². The molecule has 0 aromatic heterocycles. The highest BCUT2D eigenvalue weighted by Crippen LogP contribution is 2.19. The quantitative estimate of drug-likeness (QED) is 0.357. The second-order valence-corrected chi connectivity index (χ2v) is 8.78. The van der Waals surface area contributed by atoms with Crippen LogP contribution >= 0.6 is 0 Å². The largest absolute Gasteiger partial charge is 0.464 e. The first kappa shape index (κ1) is 27.2. The molecule has 0 saturated carbocycles. The van der Waals surface area contributed by atoms with Crippen molar-refractivity contribution in [3.05, 3.63) is 0 Å². The van der Waals surface area contributed by atoms with Gasteiger partial charge in [0.25, 0.3) is 0 Å². The number of unbranched alkanes of at least 4 members (excludes halogenated alkanes) is 2. The van der Waals surface area contributed by atoms with Crippen molar-refractivity contribution in [1.29, 1.82) is 0 Å². The molecule has 2 atom stereocenters. The van der Waals surface area contributed by atoms with Crippen LogP contribution in [0.15, 0.2) is 0 Å². The third kappa shape index (κ3) is 9.05. The van der Waals surface area contributed by atoms with Gasteiger partial charge in [0.05, 0.1) is 13.2 Å². The molecule has 0 aliphatic heterocycles. The number of ether oxygens (including phenoxy) is 2. The first-order chi connectivity index (χ1) is 13.4. The van der Waals surface area contributed by atoms with Crippen LogP contribution in [0.3, 0.4) is 0 Å². The van der Waals surface area contributed by atoms with Gasteiger partial charge in [0.15, 0.2) is 0 Å². The number of carbonyl (C=O) groups excluding carboxylic acids is 3. The van der Waals surface area contributed by atoms with E-state index in [4.69, 9.17) is 9.47 Å². The Hall–Kier alpha value is -1.79. The summed E-state index contributed by atoms with van der Waals surface area (Å²) >= 11 is 0. The van der Waals surface area contributed by atoms with E-state index in [0.29, 0.717) is 6.61 Å². The number of likely N-dealkylation sites (N-methyl/N-ethyl adjacent to an activating group) is 2. The Bertz CT molecular complexity index is 519. The number of esters is 1. The van der Waals surface area contributed by atoms with Crippen LogP contribution in [0.5, 0.6) is 0 Å². The van der Waals surface area contributed by atoms with Gasteiger partial charge in [-0.15, -0.1) is 0 Å². The highest BCUT2D eigenvalue weighted by atomic mass is 16.6. The number of carbonyl (C=O) groups is 3. The van der Waals surface area contributed by atoms with E-state index in [1.165, 1.54) is 9.80 Å². The molecule has 170 valence electrons. The highest BCUT2D eigenvalue weighted by Gasteiger charge is 2.38. The Morgan fingerprint density at radius 1 is 0.793 bits per heavy atom. The van der Waals surface area contributed by atoms with Crippen molar-refractivity contribution in [2.24, 2.45) is 17.8 Å². The van der Waals surface area contributed by atoms with E-state index in [9.17, 15) is 14.4 Å². The molecule has 0 aliphatic carbocycles. The molecule has 7 heteroatoms. The minimum absolute atomic E-state index is 0.117. The van der Waals surface area contributed by atoms with Crippen LogP contribution in [0.4, 0.5) is 4.79 Å². The Labute approximate surface area is 177 Å². The highest BCUT2D eigenvalue weighted by molar-refractivity contribution is 5.89. The summed E-state index contributed by atoms with van der Waals surface area (Å²) in [6, 6.07) is -1.43. The van der Waals surface area contributed by atoms with Gasteiger partial charge >= 0.3 is 12.1 Å². The molecular formula is C22H42N2O5. The van der Waals surface area contributed by atoms with Crippen LogP contribution in [0.1, 0.15) is 67.7 Å². The van der Waals surface area contributed by atoms with Gasteiger partial charge in [-0.25, -0.2) is 9.59 Å². The first-order valence-corrected chi connectivity index (χ1v) is 10.8. The molecule has 0 radical (unpaired) electrons. The van der Waals surface area contributed by atoms with Crippen LogP contribution in [0.25, 0.3) is 0 Å². The van der Waals surface area contributed by atoms with Gasteiger partial charge in [-0.05, 0) is 24.2 Å². The number of rotatable bonds is 12. The average Bonchev–Trinajstić information content (AvgIpc) is 2.62. The summed E-state index contributed by atoms with van der Waals surface area (Å²) in [6.07, 6.45) is 2.30. The maximum absolute atomic E-state index is 13.3. The zero-order valence-electron chi connectivity index (χ0n) is 19.9. The van der Waals surface area contributed by atoms with Crippen molar-refractivity contribution < 1.29 is 23.9 Å². The SMILES string of the molecule is CCCCCOC(=O)C(C(C)C)N(C)C(=O)C(C(C)C)N(C)C(=O)OCC(C)C.